The highest BCUT2D eigenvalue weighted by Gasteiger charge is 2.29. The first kappa shape index (κ1) is 24.2. The predicted molar refractivity (Wildman–Crippen MR) is 120 cm³/mol. The van der Waals surface area contributed by atoms with Crippen molar-refractivity contribution in [3.63, 3.8) is 0 Å². The zero-order valence-corrected chi connectivity index (χ0v) is 18.5. The van der Waals surface area contributed by atoms with E-state index < -0.39 is 0 Å². The van der Waals surface area contributed by atoms with Crippen LogP contribution in [-0.4, -0.2) is 41.1 Å². The molecule has 0 aromatic carbocycles. The van der Waals surface area contributed by atoms with Crippen LogP contribution in [0.15, 0.2) is 17.1 Å². The van der Waals surface area contributed by atoms with E-state index in [0.717, 1.165) is 19.5 Å². The second-order valence-electron chi connectivity index (χ2n) is 8.82. The maximum atomic E-state index is 9.22. The van der Waals surface area contributed by atoms with Crippen molar-refractivity contribution in [1.29, 1.82) is 0 Å². The molecule has 0 aromatic rings. The van der Waals surface area contributed by atoms with Crippen LogP contribution in [0.3, 0.4) is 0 Å². The maximum absolute atomic E-state index is 9.22. The van der Waals surface area contributed by atoms with E-state index in [-0.39, 0.29) is 12.1 Å². The minimum Gasteiger partial charge on any atom is -0.395 e. The number of unbranched alkanes of at least 4 members (excludes halogenated alkanes) is 11. The van der Waals surface area contributed by atoms with Crippen LogP contribution in [0.5, 0.6) is 0 Å². The smallest absolute Gasteiger partial charge is 0.0998 e. The zero-order valence-electron chi connectivity index (χ0n) is 18.5. The monoisotopic (exact) mass is 378 g/mol. The van der Waals surface area contributed by atoms with Crippen LogP contribution in [0, 0.1) is 0 Å². The fourth-order valence-electron chi connectivity index (χ4n) is 3.91. The normalized spacial score (nSPS) is 16.4. The van der Waals surface area contributed by atoms with Crippen molar-refractivity contribution < 1.29 is 5.11 Å². The van der Waals surface area contributed by atoms with Crippen molar-refractivity contribution in [1.82, 2.24) is 4.90 Å². The van der Waals surface area contributed by atoms with Gasteiger partial charge in [0.1, 0.15) is 0 Å². The lowest BCUT2D eigenvalue weighted by atomic mass is 10.1. The fraction of sp³-hybridized carbons (Fsp3) is 0.875. The number of amidine groups is 1. The van der Waals surface area contributed by atoms with E-state index in [1.54, 1.807) is 0 Å². The minimum absolute atomic E-state index is 0.0202. The van der Waals surface area contributed by atoms with Crippen molar-refractivity contribution in [3.05, 3.63) is 12.2 Å². The van der Waals surface area contributed by atoms with Gasteiger partial charge in [-0.05, 0) is 46.0 Å². The molecule has 0 amide bonds. The first-order chi connectivity index (χ1) is 13.1. The summed E-state index contributed by atoms with van der Waals surface area (Å²) < 4.78 is 0. The Labute approximate surface area is 169 Å². The van der Waals surface area contributed by atoms with Gasteiger partial charge in [-0.3, -0.25) is 4.99 Å². The molecule has 1 N–H and O–H groups in total. The van der Waals surface area contributed by atoms with Gasteiger partial charge in [-0.15, -0.1) is 0 Å². The number of allylic oxidation sites excluding steroid dienone is 2. The summed E-state index contributed by atoms with van der Waals surface area (Å²) in [5.41, 5.74) is 0.0202. The van der Waals surface area contributed by atoms with Gasteiger partial charge < -0.3 is 10.0 Å². The molecule has 0 fully saturated rings. The molecule has 0 atom stereocenters. The molecular formula is C24H46N2O. The molecule has 1 heterocycles. The lowest BCUT2D eigenvalue weighted by molar-refractivity contribution is 0.244. The highest BCUT2D eigenvalue weighted by Crippen LogP contribution is 2.22. The van der Waals surface area contributed by atoms with Crippen LogP contribution in [-0.2, 0) is 0 Å². The Morgan fingerprint density at radius 3 is 2.04 bits per heavy atom. The van der Waals surface area contributed by atoms with Gasteiger partial charge in [0.2, 0.25) is 0 Å². The number of aliphatic imine (C=N–C) groups is 1. The van der Waals surface area contributed by atoms with Gasteiger partial charge in [0.25, 0.3) is 0 Å². The Morgan fingerprint density at radius 2 is 1.44 bits per heavy atom. The molecule has 0 radical (unpaired) electrons. The molecule has 158 valence electrons. The van der Waals surface area contributed by atoms with Gasteiger partial charge in [-0.25, -0.2) is 0 Å². The van der Waals surface area contributed by atoms with E-state index >= 15 is 0 Å². The summed E-state index contributed by atoms with van der Waals surface area (Å²) in [7, 11) is 0. The molecule has 27 heavy (non-hydrogen) atoms. The number of rotatable bonds is 17. The second kappa shape index (κ2) is 15.1. The SMILES string of the molecule is CCCCCCCCC=CCCCCCCCC1=NC(C)(C)CN1CCO. The Bertz CT molecular complexity index is 415. The van der Waals surface area contributed by atoms with Crippen LogP contribution >= 0.6 is 0 Å². The molecular weight excluding hydrogens is 332 g/mol. The summed E-state index contributed by atoms with van der Waals surface area (Å²) in [6, 6.07) is 0. The maximum Gasteiger partial charge on any atom is 0.0998 e. The van der Waals surface area contributed by atoms with Gasteiger partial charge >= 0.3 is 0 Å². The van der Waals surface area contributed by atoms with E-state index in [1.807, 2.05) is 0 Å². The van der Waals surface area contributed by atoms with Gasteiger partial charge in [0.15, 0.2) is 0 Å². The van der Waals surface area contributed by atoms with Crippen molar-refractivity contribution in [2.24, 2.45) is 4.99 Å². The lowest BCUT2D eigenvalue weighted by Crippen LogP contribution is -2.34. The average Bonchev–Trinajstić information content (AvgIpc) is 2.92. The quantitative estimate of drug-likeness (QED) is 0.231. The van der Waals surface area contributed by atoms with Crippen molar-refractivity contribution >= 4 is 5.84 Å². The molecule has 0 aliphatic carbocycles. The van der Waals surface area contributed by atoms with Crippen LogP contribution < -0.4 is 0 Å². The molecule has 1 rings (SSSR count). The third-order valence-corrected chi connectivity index (χ3v) is 5.41. The summed E-state index contributed by atoms with van der Waals surface area (Å²) in [5.74, 6) is 1.21. The van der Waals surface area contributed by atoms with E-state index in [4.69, 9.17) is 4.99 Å². The van der Waals surface area contributed by atoms with Gasteiger partial charge in [-0.1, -0.05) is 70.4 Å². The largest absolute Gasteiger partial charge is 0.395 e. The molecule has 1 aliphatic heterocycles. The molecule has 0 saturated heterocycles. The fourth-order valence-corrected chi connectivity index (χ4v) is 3.91. The first-order valence-electron chi connectivity index (χ1n) is 11.7. The molecule has 0 saturated carbocycles. The lowest BCUT2D eigenvalue weighted by Gasteiger charge is -2.21. The number of hydrogen-bond donors (Lipinski definition) is 1. The van der Waals surface area contributed by atoms with Crippen molar-refractivity contribution in [3.8, 4) is 0 Å². The molecule has 3 heteroatoms. The van der Waals surface area contributed by atoms with Crippen LogP contribution in [0.25, 0.3) is 0 Å². The number of hydrogen-bond acceptors (Lipinski definition) is 3. The Morgan fingerprint density at radius 1 is 0.889 bits per heavy atom. The molecule has 0 spiro atoms. The number of nitrogens with zero attached hydrogens (tertiary/aromatic N) is 2. The van der Waals surface area contributed by atoms with E-state index in [1.165, 1.54) is 89.3 Å². The molecule has 1 aliphatic rings. The molecule has 0 unspecified atom stereocenters. The topological polar surface area (TPSA) is 35.8 Å². The highest BCUT2D eigenvalue weighted by atomic mass is 16.3. The summed E-state index contributed by atoms with van der Waals surface area (Å²) in [6.07, 6.45) is 23.3. The zero-order chi connectivity index (χ0) is 19.8. The number of β-amino-alcohol motifs (C(OH)–C–C–N with tert-alkyl or cyclic N) is 1. The molecule has 0 aromatic heterocycles. The van der Waals surface area contributed by atoms with Crippen LogP contribution in [0.1, 0.15) is 111 Å². The minimum atomic E-state index is 0.0202. The summed E-state index contributed by atoms with van der Waals surface area (Å²) in [5, 5.41) is 9.22. The van der Waals surface area contributed by atoms with Gasteiger partial charge in [0.05, 0.1) is 18.0 Å². The van der Waals surface area contributed by atoms with E-state index in [0.29, 0.717) is 0 Å². The second-order valence-corrected chi connectivity index (χ2v) is 8.82. The highest BCUT2D eigenvalue weighted by molar-refractivity contribution is 5.84. The number of aliphatic hydroxyl groups excluding tert-OH is 1. The van der Waals surface area contributed by atoms with Crippen molar-refractivity contribution in [2.45, 2.75) is 116 Å². The third kappa shape index (κ3) is 12.3. The van der Waals surface area contributed by atoms with E-state index in [9.17, 15) is 5.11 Å². The standard InChI is InChI=1S/C24H46N2O/c1-4-5-6-7-8-9-10-11-12-13-14-15-16-17-18-19-23-25-24(2,3)22-26(23)20-21-27/h11-12,27H,4-10,13-22H2,1-3H3. The summed E-state index contributed by atoms with van der Waals surface area (Å²) >= 11 is 0. The Balaban J connectivity index is 1.93. The van der Waals surface area contributed by atoms with Crippen LogP contribution in [0.4, 0.5) is 0 Å². The number of aliphatic hydroxyl groups is 1. The third-order valence-electron chi connectivity index (χ3n) is 5.41. The average molecular weight is 379 g/mol. The van der Waals surface area contributed by atoms with E-state index in [2.05, 4.69) is 37.8 Å². The predicted octanol–water partition coefficient (Wildman–Crippen LogP) is 6.51. The first-order valence-corrected chi connectivity index (χ1v) is 11.7. The van der Waals surface area contributed by atoms with Gasteiger partial charge in [-0.2, -0.15) is 0 Å². The molecule has 3 nitrogen and oxygen atoms in total. The van der Waals surface area contributed by atoms with Gasteiger partial charge in [0, 0.05) is 19.5 Å². The summed E-state index contributed by atoms with van der Waals surface area (Å²) in [4.78, 5) is 7.12. The summed E-state index contributed by atoms with van der Waals surface area (Å²) in [6.45, 7) is 8.55. The van der Waals surface area contributed by atoms with Crippen molar-refractivity contribution in [2.75, 3.05) is 19.7 Å². The molecule has 0 bridgehead atoms. The Kier molecular flexibility index (Phi) is 13.6. The Hall–Kier alpha value is -0.830. The van der Waals surface area contributed by atoms with Crippen LogP contribution in [0.2, 0.25) is 0 Å².